The summed E-state index contributed by atoms with van der Waals surface area (Å²) in [5, 5.41) is 13.5. The van der Waals surface area contributed by atoms with Crippen LogP contribution in [0.1, 0.15) is 25.5 Å². The molecule has 0 bridgehead atoms. The van der Waals surface area contributed by atoms with E-state index in [-0.39, 0.29) is 16.7 Å². The number of hydrogen-bond donors (Lipinski definition) is 2. The van der Waals surface area contributed by atoms with Gasteiger partial charge in [0.1, 0.15) is 11.5 Å². The fourth-order valence-electron chi connectivity index (χ4n) is 4.06. The number of anilines is 2. The molecule has 2 saturated heterocycles. The van der Waals surface area contributed by atoms with Crippen LogP contribution >= 0.6 is 23.4 Å². The van der Waals surface area contributed by atoms with Crippen LogP contribution in [-0.2, 0) is 6.42 Å². The monoisotopic (exact) mass is 474 g/mol. The minimum absolute atomic E-state index is 0.00212. The number of nitrogens with two attached hydrogens (primary N) is 1. The van der Waals surface area contributed by atoms with Gasteiger partial charge in [0.05, 0.1) is 15.3 Å². The first-order chi connectivity index (χ1) is 15.4. The number of nitrogens with zero attached hydrogens (tertiary/aromatic N) is 6. The van der Waals surface area contributed by atoms with Crippen LogP contribution in [0, 0.1) is 10.1 Å². The number of nitro groups is 1. The van der Waals surface area contributed by atoms with Gasteiger partial charge >= 0.3 is 5.69 Å². The van der Waals surface area contributed by atoms with Crippen molar-refractivity contribution >= 4 is 51.7 Å². The lowest BCUT2D eigenvalue weighted by Gasteiger charge is -2.31. The van der Waals surface area contributed by atoms with Crippen molar-refractivity contribution < 1.29 is 4.92 Å². The Balaban J connectivity index is 1.54. The molecule has 3 aromatic rings. The number of aromatic amines is 1. The van der Waals surface area contributed by atoms with Crippen molar-refractivity contribution in [2.24, 2.45) is 5.73 Å². The molecule has 32 heavy (non-hydrogen) atoms. The van der Waals surface area contributed by atoms with Crippen molar-refractivity contribution in [3.63, 3.8) is 0 Å². The summed E-state index contributed by atoms with van der Waals surface area (Å²) in [7, 11) is 0. The maximum Gasteiger partial charge on any atom is 0.312 e. The molecule has 3 aromatic heterocycles. The Labute approximate surface area is 193 Å². The van der Waals surface area contributed by atoms with Gasteiger partial charge in [0, 0.05) is 55.1 Å². The molecule has 3 N–H and O–H groups in total. The van der Waals surface area contributed by atoms with Gasteiger partial charge in [-0.05, 0) is 31.0 Å². The second kappa shape index (κ2) is 8.38. The summed E-state index contributed by atoms with van der Waals surface area (Å²) in [4.78, 5) is 33.0. The Bertz CT molecular complexity index is 1200. The summed E-state index contributed by atoms with van der Waals surface area (Å²) < 4.78 is 0. The first-order valence-corrected chi connectivity index (χ1v) is 11.8. The van der Waals surface area contributed by atoms with E-state index in [1.54, 1.807) is 12.3 Å². The standard InChI is InChI=1S/C20H23ClN8O2S/c1-2-13-16(21)15-17(24-13)25-20(26-19(15)28-7-4-11(22)10-28)32-12-8-14(29(30)31)18(23-9-12)27-5-3-6-27/h8-9,11H,2-7,10,22H2,1H3,(H,24,25,26). The molecule has 1 atom stereocenters. The van der Waals surface area contributed by atoms with Gasteiger partial charge in [0.25, 0.3) is 0 Å². The minimum Gasteiger partial charge on any atom is -0.354 e. The number of halogens is 1. The van der Waals surface area contributed by atoms with Crippen molar-refractivity contribution in [2.45, 2.75) is 42.3 Å². The molecular formula is C20H23ClN8O2S. The van der Waals surface area contributed by atoms with Crippen LogP contribution in [-0.4, -0.2) is 57.1 Å². The highest BCUT2D eigenvalue weighted by molar-refractivity contribution is 7.99. The van der Waals surface area contributed by atoms with Gasteiger partial charge in [-0.2, -0.15) is 0 Å². The van der Waals surface area contributed by atoms with E-state index >= 15 is 0 Å². The number of aryl methyl sites for hydroxylation is 1. The van der Waals surface area contributed by atoms with Crippen LogP contribution in [0.2, 0.25) is 5.02 Å². The van der Waals surface area contributed by atoms with E-state index in [9.17, 15) is 10.1 Å². The van der Waals surface area contributed by atoms with Crippen LogP contribution in [0.3, 0.4) is 0 Å². The molecule has 0 aliphatic carbocycles. The fraction of sp³-hybridized carbons (Fsp3) is 0.450. The first kappa shape index (κ1) is 21.2. The summed E-state index contributed by atoms with van der Waals surface area (Å²) in [5.74, 6) is 1.16. The van der Waals surface area contributed by atoms with E-state index in [4.69, 9.17) is 22.3 Å². The van der Waals surface area contributed by atoms with Gasteiger partial charge in [-0.3, -0.25) is 10.1 Å². The highest BCUT2D eigenvalue weighted by atomic mass is 35.5. The summed E-state index contributed by atoms with van der Waals surface area (Å²) in [6.45, 7) is 5.08. The lowest BCUT2D eigenvalue weighted by atomic mass is 10.2. The predicted molar refractivity (Wildman–Crippen MR) is 125 cm³/mol. The third-order valence-corrected chi connectivity index (χ3v) is 7.13. The number of hydrogen-bond acceptors (Lipinski definition) is 9. The highest BCUT2D eigenvalue weighted by Gasteiger charge is 2.28. The molecule has 2 aliphatic heterocycles. The molecule has 2 fully saturated rings. The molecule has 5 heterocycles. The van der Waals surface area contributed by atoms with Crippen molar-refractivity contribution in [1.29, 1.82) is 0 Å². The summed E-state index contributed by atoms with van der Waals surface area (Å²) in [6.07, 6.45) is 4.28. The maximum atomic E-state index is 11.6. The molecular weight excluding hydrogens is 452 g/mol. The molecule has 10 nitrogen and oxygen atoms in total. The van der Waals surface area contributed by atoms with Crippen molar-refractivity contribution in [2.75, 3.05) is 36.0 Å². The normalized spacial score (nSPS) is 18.4. The average molecular weight is 475 g/mol. The van der Waals surface area contributed by atoms with Gasteiger partial charge in [-0.25, -0.2) is 15.0 Å². The summed E-state index contributed by atoms with van der Waals surface area (Å²) in [5.41, 5.74) is 7.68. The molecule has 1 unspecified atom stereocenters. The maximum absolute atomic E-state index is 11.6. The van der Waals surface area contributed by atoms with E-state index in [1.165, 1.54) is 11.8 Å². The van der Waals surface area contributed by atoms with Crippen LogP contribution in [0.25, 0.3) is 11.0 Å². The van der Waals surface area contributed by atoms with E-state index in [1.807, 2.05) is 11.8 Å². The van der Waals surface area contributed by atoms with Crippen LogP contribution in [0.15, 0.2) is 22.3 Å². The number of fused-ring (bicyclic) bond motifs is 1. The molecule has 5 rings (SSSR count). The summed E-state index contributed by atoms with van der Waals surface area (Å²) >= 11 is 7.89. The number of nitrogens with one attached hydrogen (secondary N) is 1. The molecule has 168 valence electrons. The Morgan fingerprint density at radius 1 is 1.31 bits per heavy atom. The Kier molecular flexibility index (Phi) is 5.56. The van der Waals surface area contributed by atoms with Crippen LogP contribution < -0.4 is 15.5 Å². The quantitative estimate of drug-likeness (QED) is 0.313. The second-order valence-corrected chi connectivity index (χ2v) is 9.45. The number of pyridine rings is 1. The molecule has 12 heteroatoms. The van der Waals surface area contributed by atoms with Gasteiger partial charge in [0.2, 0.25) is 5.82 Å². The van der Waals surface area contributed by atoms with Gasteiger partial charge < -0.3 is 20.5 Å². The average Bonchev–Trinajstić information content (AvgIpc) is 3.30. The van der Waals surface area contributed by atoms with Crippen LogP contribution in [0.4, 0.5) is 17.3 Å². The lowest BCUT2D eigenvalue weighted by molar-refractivity contribution is -0.384. The largest absolute Gasteiger partial charge is 0.354 e. The molecule has 0 amide bonds. The fourth-order valence-corrected chi connectivity index (χ4v) is 5.17. The first-order valence-electron chi connectivity index (χ1n) is 10.6. The number of H-pyrrole nitrogens is 1. The Morgan fingerprint density at radius 2 is 2.12 bits per heavy atom. The van der Waals surface area contributed by atoms with Crippen molar-refractivity contribution in [3.8, 4) is 0 Å². The van der Waals surface area contributed by atoms with E-state index < -0.39 is 0 Å². The SMILES string of the molecule is CCc1[nH]c2nc(Sc3cnc(N4CCC4)c([N+](=O)[O-])c3)nc(N3CCC(N)C3)c2c1Cl. The zero-order valence-corrected chi connectivity index (χ0v) is 19.1. The zero-order chi connectivity index (χ0) is 22.4. The van der Waals surface area contributed by atoms with Gasteiger partial charge in [-0.1, -0.05) is 18.5 Å². The minimum atomic E-state index is -0.385. The van der Waals surface area contributed by atoms with E-state index in [0.29, 0.717) is 33.1 Å². The topological polar surface area (TPSA) is 130 Å². The van der Waals surface area contributed by atoms with Gasteiger partial charge in [0.15, 0.2) is 5.16 Å². The molecule has 0 aromatic carbocycles. The van der Waals surface area contributed by atoms with Crippen molar-refractivity contribution in [1.82, 2.24) is 19.9 Å². The third kappa shape index (κ3) is 3.74. The molecule has 0 radical (unpaired) electrons. The number of rotatable bonds is 6. The zero-order valence-electron chi connectivity index (χ0n) is 17.5. The predicted octanol–water partition coefficient (Wildman–Crippen LogP) is 3.38. The van der Waals surface area contributed by atoms with E-state index in [0.717, 1.165) is 55.8 Å². The van der Waals surface area contributed by atoms with Crippen molar-refractivity contribution in [3.05, 3.63) is 33.1 Å². The smallest absolute Gasteiger partial charge is 0.312 e. The molecule has 0 saturated carbocycles. The Hall–Kier alpha value is -2.63. The Morgan fingerprint density at radius 3 is 2.75 bits per heavy atom. The summed E-state index contributed by atoms with van der Waals surface area (Å²) in [6, 6.07) is 1.63. The molecule has 0 spiro atoms. The second-order valence-electron chi connectivity index (χ2n) is 8.03. The third-order valence-electron chi connectivity index (χ3n) is 5.88. The molecule has 2 aliphatic rings. The van der Waals surface area contributed by atoms with Gasteiger partial charge in [-0.15, -0.1) is 0 Å². The lowest BCUT2D eigenvalue weighted by Crippen LogP contribution is -2.38. The van der Waals surface area contributed by atoms with E-state index in [2.05, 4.69) is 19.9 Å². The van der Waals surface area contributed by atoms with Crippen LogP contribution in [0.5, 0.6) is 0 Å². The highest BCUT2D eigenvalue weighted by Crippen LogP contribution is 2.39. The number of aromatic nitrogens is 4.